The van der Waals surface area contributed by atoms with E-state index in [1.165, 1.54) is 11.2 Å². The first kappa shape index (κ1) is 30.2. The van der Waals surface area contributed by atoms with Gasteiger partial charge in [0.2, 0.25) is 0 Å². The Kier molecular flexibility index (Phi) is 7.99. The molecule has 1 aliphatic carbocycles. The average molecular weight is 638 g/mol. The van der Waals surface area contributed by atoms with Crippen LogP contribution < -0.4 is 10.6 Å². The number of hydrogen-bond acceptors (Lipinski definition) is 7. The zero-order valence-electron chi connectivity index (χ0n) is 24.3. The predicted molar refractivity (Wildman–Crippen MR) is 161 cm³/mol. The third kappa shape index (κ3) is 6.23. The number of rotatable bonds is 10. The number of nitrogens with one attached hydrogen (secondary N) is 4. The summed E-state index contributed by atoms with van der Waals surface area (Å²) in [5, 5.41) is 25.2. The maximum Gasteiger partial charge on any atom is 0.407 e. The van der Waals surface area contributed by atoms with Crippen LogP contribution in [0.4, 0.5) is 13.6 Å². The SMILES string of the molecule is CC(C)(NC(=O)OC[C@H](c1ccc(Cl)c(-c2ncn[nH]2)c1)N1C(=N)N[C@H](c2ccc(-c3cnn(C4CC4)c3)cc2)C1=O)C(F)F. The summed E-state index contributed by atoms with van der Waals surface area (Å²) in [6, 6.07) is 10.8. The third-order valence-corrected chi connectivity index (χ3v) is 8.13. The molecule has 4 N–H and O–H groups in total. The van der Waals surface area contributed by atoms with E-state index in [9.17, 15) is 18.4 Å². The van der Waals surface area contributed by atoms with E-state index in [1.807, 2.05) is 41.3 Å². The molecule has 2 atom stereocenters. The Morgan fingerprint density at radius 1 is 1.20 bits per heavy atom. The molecule has 2 amide bonds. The molecule has 234 valence electrons. The highest BCUT2D eigenvalue weighted by Gasteiger charge is 2.42. The molecule has 12 nitrogen and oxygen atoms in total. The van der Waals surface area contributed by atoms with Crippen LogP contribution in [0, 0.1) is 5.41 Å². The summed E-state index contributed by atoms with van der Waals surface area (Å²) < 4.78 is 34.1. The second-order valence-electron chi connectivity index (χ2n) is 11.5. The first-order chi connectivity index (χ1) is 21.5. The van der Waals surface area contributed by atoms with Gasteiger partial charge in [-0.2, -0.15) is 10.2 Å². The number of alkyl halides is 2. The molecule has 2 aromatic carbocycles. The quantitative estimate of drug-likeness (QED) is 0.185. The van der Waals surface area contributed by atoms with E-state index in [1.54, 1.807) is 18.2 Å². The van der Waals surface area contributed by atoms with Crippen LogP contribution in [0.25, 0.3) is 22.5 Å². The second kappa shape index (κ2) is 11.9. The van der Waals surface area contributed by atoms with Gasteiger partial charge in [0.05, 0.1) is 28.8 Å². The number of alkyl carbamates (subject to hydrolysis) is 1. The van der Waals surface area contributed by atoms with Crippen LogP contribution >= 0.6 is 11.6 Å². The molecule has 2 fully saturated rings. The molecule has 0 spiro atoms. The molecule has 2 aliphatic rings. The molecule has 0 bridgehead atoms. The van der Waals surface area contributed by atoms with Crippen molar-refractivity contribution in [1.82, 2.24) is 40.5 Å². The van der Waals surface area contributed by atoms with Crippen molar-refractivity contribution < 1.29 is 23.1 Å². The van der Waals surface area contributed by atoms with Crippen LogP contribution in [0.5, 0.6) is 0 Å². The van der Waals surface area contributed by atoms with Gasteiger partial charge >= 0.3 is 6.09 Å². The molecule has 3 heterocycles. The van der Waals surface area contributed by atoms with Crippen molar-refractivity contribution in [2.45, 2.75) is 56.8 Å². The van der Waals surface area contributed by atoms with E-state index in [0.717, 1.165) is 37.8 Å². The molecule has 1 saturated carbocycles. The number of nitrogens with zero attached hydrogens (tertiary/aromatic N) is 5. The Bertz CT molecular complexity index is 1720. The molecule has 0 radical (unpaired) electrons. The van der Waals surface area contributed by atoms with Crippen LogP contribution in [0.15, 0.2) is 61.2 Å². The molecule has 2 aromatic heterocycles. The van der Waals surface area contributed by atoms with Gasteiger partial charge in [-0.25, -0.2) is 18.6 Å². The molecular formula is C30H30ClF2N9O3. The summed E-state index contributed by atoms with van der Waals surface area (Å²) >= 11 is 6.42. The van der Waals surface area contributed by atoms with Gasteiger partial charge in [-0.05, 0) is 55.5 Å². The van der Waals surface area contributed by atoms with Crippen LogP contribution in [0.2, 0.25) is 5.02 Å². The molecular weight excluding hydrogens is 608 g/mol. The Labute approximate surface area is 261 Å². The minimum Gasteiger partial charge on any atom is -0.447 e. The van der Waals surface area contributed by atoms with E-state index < -0.39 is 42.7 Å². The van der Waals surface area contributed by atoms with Gasteiger partial charge in [-0.1, -0.05) is 41.9 Å². The Morgan fingerprint density at radius 2 is 1.96 bits per heavy atom. The minimum absolute atomic E-state index is 0.224. The Hall–Kier alpha value is -4.85. The van der Waals surface area contributed by atoms with Gasteiger partial charge < -0.3 is 15.4 Å². The van der Waals surface area contributed by atoms with Crippen molar-refractivity contribution in [3.8, 4) is 22.5 Å². The lowest BCUT2D eigenvalue weighted by Gasteiger charge is -2.29. The van der Waals surface area contributed by atoms with Crippen molar-refractivity contribution >= 4 is 29.6 Å². The van der Waals surface area contributed by atoms with Crippen molar-refractivity contribution in [2.24, 2.45) is 0 Å². The Balaban J connectivity index is 1.26. The summed E-state index contributed by atoms with van der Waals surface area (Å²) in [4.78, 5) is 31.8. The number of benzene rings is 2. The molecule has 45 heavy (non-hydrogen) atoms. The van der Waals surface area contributed by atoms with Crippen molar-refractivity contribution in [2.75, 3.05) is 6.61 Å². The highest BCUT2D eigenvalue weighted by Crippen LogP contribution is 2.36. The standard InChI is InChI=1S/C30H30ClF2N9O3/c1-30(2,27(32)33)39-29(44)45-14-23(18-7-10-22(31)21(11-18)25-35-15-36-40-25)42-26(43)24(38-28(42)34)17-5-3-16(4-6-17)19-12-37-41(13-19)20-8-9-20/h3-7,10-13,15,20,23-24,27H,8-9,14H2,1-2H3,(H2,34,38)(H,39,44)(H,35,36,40)/t23-,24-/m1/s1. The molecule has 0 unspecified atom stereocenters. The number of aromatic nitrogens is 5. The zero-order chi connectivity index (χ0) is 31.9. The lowest BCUT2D eigenvalue weighted by molar-refractivity contribution is -0.129. The van der Waals surface area contributed by atoms with Gasteiger partial charge in [0, 0.05) is 17.3 Å². The monoisotopic (exact) mass is 637 g/mol. The summed E-state index contributed by atoms with van der Waals surface area (Å²) in [5.41, 5.74) is 1.59. The van der Waals surface area contributed by atoms with E-state index >= 15 is 0 Å². The number of carbonyl (C=O) groups excluding carboxylic acids is 2. The largest absolute Gasteiger partial charge is 0.447 e. The normalized spacial score (nSPS) is 17.5. The second-order valence-corrected chi connectivity index (χ2v) is 11.9. The number of amides is 2. The number of aromatic amines is 1. The topological polar surface area (TPSA) is 154 Å². The summed E-state index contributed by atoms with van der Waals surface area (Å²) in [5.74, 6) is -0.329. The number of hydrogen-bond donors (Lipinski definition) is 4. The zero-order valence-corrected chi connectivity index (χ0v) is 25.1. The van der Waals surface area contributed by atoms with E-state index in [-0.39, 0.29) is 5.96 Å². The highest BCUT2D eigenvalue weighted by molar-refractivity contribution is 6.33. The summed E-state index contributed by atoms with van der Waals surface area (Å²) in [6.45, 7) is 1.88. The van der Waals surface area contributed by atoms with E-state index in [4.69, 9.17) is 21.7 Å². The number of ether oxygens (including phenoxy) is 1. The van der Waals surface area contributed by atoms with Crippen LogP contribution in [0.1, 0.15) is 55.9 Å². The number of halogens is 3. The predicted octanol–water partition coefficient (Wildman–Crippen LogP) is 5.24. The molecule has 1 aliphatic heterocycles. The van der Waals surface area contributed by atoms with Gasteiger partial charge in [-0.15, -0.1) is 0 Å². The summed E-state index contributed by atoms with van der Waals surface area (Å²) in [7, 11) is 0. The molecule has 4 aromatic rings. The lowest BCUT2D eigenvalue weighted by atomic mass is 10.0. The highest BCUT2D eigenvalue weighted by atomic mass is 35.5. The summed E-state index contributed by atoms with van der Waals surface area (Å²) in [6.07, 6.45) is 3.43. The van der Waals surface area contributed by atoms with E-state index in [0.29, 0.717) is 33.6 Å². The third-order valence-electron chi connectivity index (χ3n) is 7.81. The lowest BCUT2D eigenvalue weighted by Crippen LogP contribution is -2.49. The fourth-order valence-corrected chi connectivity index (χ4v) is 5.25. The molecule has 6 rings (SSSR count). The number of H-pyrrole nitrogens is 1. The number of carbonyl (C=O) groups is 2. The van der Waals surface area contributed by atoms with Crippen LogP contribution in [-0.4, -0.2) is 66.4 Å². The van der Waals surface area contributed by atoms with Crippen molar-refractivity contribution in [3.05, 3.63) is 77.3 Å². The minimum atomic E-state index is -2.85. The molecule has 1 saturated heterocycles. The first-order valence-electron chi connectivity index (χ1n) is 14.2. The molecule has 15 heteroatoms. The maximum absolute atomic E-state index is 13.9. The fraction of sp³-hybridized carbons (Fsp3) is 0.333. The maximum atomic E-state index is 13.9. The van der Waals surface area contributed by atoms with Crippen molar-refractivity contribution in [1.29, 1.82) is 5.41 Å². The van der Waals surface area contributed by atoms with Gasteiger partial charge in [0.25, 0.3) is 12.3 Å². The average Bonchev–Trinajstić information content (AvgIpc) is 3.37. The fourth-order valence-electron chi connectivity index (χ4n) is 5.04. The Morgan fingerprint density at radius 3 is 2.62 bits per heavy atom. The van der Waals surface area contributed by atoms with Gasteiger partial charge in [-0.3, -0.25) is 24.9 Å². The van der Waals surface area contributed by atoms with E-state index in [2.05, 4.69) is 30.9 Å². The smallest absolute Gasteiger partial charge is 0.407 e. The van der Waals surface area contributed by atoms with Crippen molar-refractivity contribution in [3.63, 3.8) is 0 Å². The first-order valence-corrected chi connectivity index (χ1v) is 14.6. The van der Waals surface area contributed by atoms with Gasteiger partial charge in [0.1, 0.15) is 19.0 Å². The van der Waals surface area contributed by atoms with Crippen LogP contribution in [-0.2, 0) is 9.53 Å². The van der Waals surface area contributed by atoms with Crippen LogP contribution in [0.3, 0.4) is 0 Å². The van der Waals surface area contributed by atoms with Gasteiger partial charge in [0.15, 0.2) is 11.8 Å². The number of guanidine groups is 1.